The molecule has 0 aromatic carbocycles. The first kappa shape index (κ1) is 19.0. The van der Waals surface area contributed by atoms with Crippen LogP contribution >= 0.6 is 0 Å². The third-order valence-electron chi connectivity index (χ3n) is 5.66. The zero-order chi connectivity index (χ0) is 15.3. The van der Waals surface area contributed by atoms with Crippen LogP contribution in [0.2, 0.25) is 0 Å². The van der Waals surface area contributed by atoms with Crippen LogP contribution in [0.4, 0.5) is 0 Å². The molecule has 1 heteroatoms. The van der Waals surface area contributed by atoms with E-state index in [-0.39, 0.29) is 0 Å². The van der Waals surface area contributed by atoms with Gasteiger partial charge in [-0.1, -0.05) is 90.9 Å². The van der Waals surface area contributed by atoms with E-state index in [2.05, 4.69) is 13.8 Å². The predicted molar refractivity (Wildman–Crippen MR) is 95.6 cm³/mol. The third kappa shape index (κ3) is 8.86. The van der Waals surface area contributed by atoms with E-state index in [9.17, 15) is 0 Å². The van der Waals surface area contributed by atoms with Crippen molar-refractivity contribution in [2.45, 2.75) is 116 Å². The van der Waals surface area contributed by atoms with Gasteiger partial charge in [0.1, 0.15) is 0 Å². The smallest absolute Gasteiger partial charge is 0.00672 e. The minimum absolute atomic E-state index is 0.496. The van der Waals surface area contributed by atoms with Gasteiger partial charge in [-0.05, 0) is 31.1 Å². The van der Waals surface area contributed by atoms with Gasteiger partial charge in [-0.15, -0.1) is 0 Å². The number of unbranched alkanes of at least 4 members (excludes halogenated alkanes) is 9. The molecule has 1 aliphatic rings. The minimum atomic E-state index is 0.496. The van der Waals surface area contributed by atoms with Gasteiger partial charge in [0.2, 0.25) is 0 Å². The standard InChI is InChI=1S/C20H41N/c1-3-5-6-7-8-9-10-11-12-13-14-20(21)19-16-15-18(4-2)17-19/h18-20H,3-17,21H2,1-2H3. The van der Waals surface area contributed by atoms with Gasteiger partial charge in [-0.3, -0.25) is 0 Å². The third-order valence-corrected chi connectivity index (χ3v) is 5.66. The number of rotatable bonds is 13. The zero-order valence-corrected chi connectivity index (χ0v) is 14.9. The molecular formula is C20H41N. The number of nitrogens with two attached hydrogens (primary N) is 1. The van der Waals surface area contributed by atoms with E-state index >= 15 is 0 Å². The van der Waals surface area contributed by atoms with Gasteiger partial charge in [0.25, 0.3) is 0 Å². The van der Waals surface area contributed by atoms with Crippen LogP contribution in [0.3, 0.4) is 0 Å². The summed E-state index contributed by atoms with van der Waals surface area (Å²) in [6.45, 7) is 4.62. The van der Waals surface area contributed by atoms with Crippen LogP contribution in [0.1, 0.15) is 110 Å². The van der Waals surface area contributed by atoms with E-state index in [1.54, 1.807) is 0 Å². The first-order valence-electron chi connectivity index (χ1n) is 10.0. The second-order valence-electron chi connectivity index (χ2n) is 7.48. The summed E-state index contributed by atoms with van der Waals surface area (Å²) >= 11 is 0. The van der Waals surface area contributed by atoms with E-state index in [1.807, 2.05) is 0 Å². The first-order chi connectivity index (χ1) is 10.3. The highest BCUT2D eigenvalue weighted by Crippen LogP contribution is 2.35. The lowest BCUT2D eigenvalue weighted by Crippen LogP contribution is -2.28. The fourth-order valence-corrected chi connectivity index (χ4v) is 3.98. The molecule has 1 saturated carbocycles. The fraction of sp³-hybridized carbons (Fsp3) is 1.00. The summed E-state index contributed by atoms with van der Waals surface area (Å²) in [6.07, 6.45) is 21.2. The molecule has 0 saturated heterocycles. The molecule has 3 unspecified atom stereocenters. The lowest BCUT2D eigenvalue weighted by molar-refractivity contribution is 0.378. The minimum Gasteiger partial charge on any atom is -0.327 e. The van der Waals surface area contributed by atoms with Crippen molar-refractivity contribution in [1.82, 2.24) is 0 Å². The summed E-state index contributed by atoms with van der Waals surface area (Å²) in [4.78, 5) is 0. The molecule has 0 heterocycles. The number of hydrogen-bond donors (Lipinski definition) is 1. The Morgan fingerprint density at radius 3 is 1.90 bits per heavy atom. The quantitative estimate of drug-likeness (QED) is 0.388. The monoisotopic (exact) mass is 295 g/mol. The zero-order valence-electron chi connectivity index (χ0n) is 14.9. The van der Waals surface area contributed by atoms with E-state index in [0.29, 0.717) is 6.04 Å². The van der Waals surface area contributed by atoms with Crippen molar-refractivity contribution in [1.29, 1.82) is 0 Å². The molecule has 1 nitrogen and oxygen atoms in total. The van der Waals surface area contributed by atoms with E-state index in [1.165, 1.54) is 96.3 Å². The Bertz CT molecular complexity index is 226. The summed E-state index contributed by atoms with van der Waals surface area (Å²) in [5, 5.41) is 0. The Morgan fingerprint density at radius 1 is 0.810 bits per heavy atom. The van der Waals surface area contributed by atoms with E-state index in [4.69, 9.17) is 5.73 Å². The van der Waals surface area contributed by atoms with Gasteiger partial charge < -0.3 is 5.73 Å². The summed E-state index contributed by atoms with van der Waals surface area (Å²) in [6, 6.07) is 0.496. The molecule has 2 N–H and O–H groups in total. The van der Waals surface area contributed by atoms with Crippen LogP contribution in [0, 0.1) is 11.8 Å². The second kappa shape index (κ2) is 12.5. The van der Waals surface area contributed by atoms with Crippen molar-refractivity contribution < 1.29 is 0 Å². The summed E-state index contributed by atoms with van der Waals surface area (Å²) in [5.41, 5.74) is 6.40. The average Bonchev–Trinajstić information content (AvgIpc) is 2.98. The highest BCUT2D eigenvalue weighted by molar-refractivity contribution is 4.82. The summed E-state index contributed by atoms with van der Waals surface area (Å²) in [5.74, 6) is 1.82. The second-order valence-corrected chi connectivity index (χ2v) is 7.48. The Labute approximate surface area is 134 Å². The van der Waals surface area contributed by atoms with Gasteiger partial charge in [0.05, 0.1) is 0 Å². The Morgan fingerprint density at radius 2 is 1.38 bits per heavy atom. The lowest BCUT2D eigenvalue weighted by atomic mass is 9.92. The molecule has 1 aliphatic carbocycles. The molecule has 0 spiro atoms. The maximum Gasteiger partial charge on any atom is 0.00672 e. The van der Waals surface area contributed by atoms with Crippen LogP contribution in [0.5, 0.6) is 0 Å². The molecule has 126 valence electrons. The largest absolute Gasteiger partial charge is 0.327 e. The Kier molecular flexibility index (Phi) is 11.3. The highest BCUT2D eigenvalue weighted by atomic mass is 14.7. The Hall–Kier alpha value is -0.0400. The normalized spacial score (nSPS) is 23.6. The van der Waals surface area contributed by atoms with Crippen LogP contribution in [0.15, 0.2) is 0 Å². The van der Waals surface area contributed by atoms with Crippen molar-refractivity contribution in [3.05, 3.63) is 0 Å². The topological polar surface area (TPSA) is 26.0 Å². The van der Waals surface area contributed by atoms with Gasteiger partial charge >= 0.3 is 0 Å². The van der Waals surface area contributed by atoms with E-state index < -0.39 is 0 Å². The summed E-state index contributed by atoms with van der Waals surface area (Å²) in [7, 11) is 0. The molecule has 3 atom stereocenters. The van der Waals surface area contributed by atoms with Crippen LogP contribution < -0.4 is 5.73 Å². The van der Waals surface area contributed by atoms with Crippen LogP contribution in [-0.4, -0.2) is 6.04 Å². The van der Waals surface area contributed by atoms with E-state index in [0.717, 1.165) is 11.8 Å². The molecule has 1 rings (SSSR count). The fourth-order valence-electron chi connectivity index (χ4n) is 3.98. The maximum absolute atomic E-state index is 6.40. The van der Waals surface area contributed by atoms with Gasteiger partial charge in [0, 0.05) is 6.04 Å². The highest BCUT2D eigenvalue weighted by Gasteiger charge is 2.27. The van der Waals surface area contributed by atoms with Crippen molar-refractivity contribution >= 4 is 0 Å². The van der Waals surface area contributed by atoms with Crippen molar-refractivity contribution in [3.63, 3.8) is 0 Å². The van der Waals surface area contributed by atoms with Gasteiger partial charge in [-0.2, -0.15) is 0 Å². The Balaban J connectivity index is 1.85. The van der Waals surface area contributed by atoms with Crippen LogP contribution in [0.25, 0.3) is 0 Å². The van der Waals surface area contributed by atoms with Crippen LogP contribution in [-0.2, 0) is 0 Å². The molecule has 1 fully saturated rings. The van der Waals surface area contributed by atoms with Crippen molar-refractivity contribution in [2.75, 3.05) is 0 Å². The molecule has 0 radical (unpaired) electrons. The number of hydrogen-bond acceptors (Lipinski definition) is 1. The average molecular weight is 296 g/mol. The SMILES string of the molecule is CCCCCCCCCCCCC(N)C1CCC(CC)C1. The maximum atomic E-state index is 6.40. The summed E-state index contributed by atoms with van der Waals surface area (Å²) < 4.78 is 0. The first-order valence-corrected chi connectivity index (χ1v) is 10.0. The molecule has 0 amide bonds. The van der Waals surface area contributed by atoms with Gasteiger partial charge in [0.15, 0.2) is 0 Å². The molecular weight excluding hydrogens is 254 g/mol. The van der Waals surface area contributed by atoms with Gasteiger partial charge in [-0.25, -0.2) is 0 Å². The molecule has 0 aliphatic heterocycles. The molecule has 0 aromatic rings. The lowest BCUT2D eigenvalue weighted by Gasteiger charge is -2.19. The van der Waals surface area contributed by atoms with Crippen molar-refractivity contribution in [3.8, 4) is 0 Å². The predicted octanol–water partition coefficient (Wildman–Crippen LogP) is 6.45. The molecule has 0 aromatic heterocycles. The molecule has 0 bridgehead atoms. The molecule has 21 heavy (non-hydrogen) atoms. The van der Waals surface area contributed by atoms with Crippen molar-refractivity contribution in [2.24, 2.45) is 17.6 Å².